The van der Waals surface area contributed by atoms with Crippen molar-refractivity contribution in [2.45, 2.75) is 26.0 Å². The minimum absolute atomic E-state index is 0. The van der Waals surface area contributed by atoms with Gasteiger partial charge in [0.05, 0.1) is 12.7 Å². The van der Waals surface area contributed by atoms with Crippen LogP contribution >= 0.6 is 24.0 Å². The molecule has 130 valence electrons. The van der Waals surface area contributed by atoms with Crippen molar-refractivity contribution >= 4 is 29.9 Å². The van der Waals surface area contributed by atoms with Gasteiger partial charge in [-0.05, 0) is 24.6 Å². The molecule has 1 heterocycles. The second-order valence-corrected chi connectivity index (χ2v) is 5.68. The van der Waals surface area contributed by atoms with Crippen molar-refractivity contribution in [3.63, 3.8) is 0 Å². The molecule has 6 heteroatoms. The molecule has 1 saturated heterocycles. The number of hydrogen-bond donors (Lipinski definition) is 2. The second kappa shape index (κ2) is 10.8. The number of aryl methyl sites for hydroxylation is 1. The average molecular weight is 432 g/mol. The van der Waals surface area contributed by atoms with E-state index in [0.717, 1.165) is 45.2 Å². The second-order valence-electron chi connectivity index (χ2n) is 5.68. The van der Waals surface area contributed by atoms with Gasteiger partial charge in [-0.2, -0.15) is 0 Å². The zero-order chi connectivity index (χ0) is 15.8. The van der Waals surface area contributed by atoms with Gasteiger partial charge < -0.3 is 20.3 Å². The number of ether oxygens (including phenoxy) is 1. The van der Waals surface area contributed by atoms with E-state index in [1.54, 1.807) is 7.05 Å². The Balaban J connectivity index is 0.00000264. The highest BCUT2D eigenvalue weighted by molar-refractivity contribution is 14.0. The molecule has 1 aromatic carbocycles. The van der Waals surface area contributed by atoms with E-state index in [9.17, 15) is 0 Å². The van der Waals surface area contributed by atoms with Crippen molar-refractivity contribution in [2.24, 2.45) is 4.99 Å². The topological polar surface area (TPSA) is 48.9 Å². The molecule has 0 saturated carbocycles. The monoisotopic (exact) mass is 432 g/mol. The number of nitrogens with zero attached hydrogens (tertiary/aromatic N) is 2. The maximum atomic E-state index is 5.76. The Bertz CT molecular complexity index is 495. The highest BCUT2D eigenvalue weighted by Gasteiger charge is 2.17. The Morgan fingerprint density at radius 1 is 1.30 bits per heavy atom. The number of morpholine rings is 1. The zero-order valence-corrected chi connectivity index (χ0v) is 16.7. The Morgan fingerprint density at radius 2 is 2.04 bits per heavy atom. The summed E-state index contributed by atoms with van der Waals surface area (Å²) < 4.78 is 5.76. The van der Waals surface area contributed by atoms with Crippen LogP contribution in [0.2, 0.25) is 0 Å². The van der Waals surface area contributed by atoms with Gasteiger partial charge in [-0.3, -0.25) is 4.99 Å². The fraction of sp³-hybridized carbons (Fsp3) is 0.588. The standard InChI is InChI=1S/C17H28N4O.HI/c1-4-14-7-5-6-8-15(14)11-19-17(18-2)20-12-16-13-21(3)9-10-22-16;/h5-8,16H,4,9-13H2,1-3H3,(H2,18,19,20);1H. The largest absolute Gasteiger partial charge is 0.374 e. The fourth-order valence-electron chi connectivity index (χ4n) is 2.68. The number of guanidine groups is 1. The summed E-state index contributed by atoms with van der Waals surface area (Å²) in [6.45, 7) is 6.52. The summed E-state index contributed by atoms with van der Waals surface area (Å²) in [5.41, 5.74) is 2.70. The number of hydrogen-bond acceptors (Lipinski definition) is 3. The number of aliphatic imine (C=N–C) groups is 1. The van der Waals surface area contributed by atoms with Crippen LogP contribution in [0, 0.1) is 0 Å². The number of likely N-dealkylation sites (N-methyl/N-ethyl adjacent to an activating group) is 1. The molecule has 1 aliphatic rings. The minimum atomic E-state index is 0. The van der Waals surface area contributed by atoms with E-state index in [1.165, 1.54) is 11.1 Å². The van der Waals surface area contributed by atoms with Gasteiger partial charge in [-0.1, -0.05) is 31.2 Å². The quantitative estimate of drug-likeness (QED) is 0.424. The van der Waals surface area contributed by atoms with Gasteiger partial charge >= 0.3 is 0 Å². The zero-order valence-electron chi connectivity index (χ0n) is 14.3. The van der Waals surface area contributed by atoms with Crippen LogP contribution in [-0.4, -0.2) is 57.3 Å². The van der Waals surface area contributed by atoms with Crippen LogP contribution in [0.4, 0.5) is 0 Å². The Kier molecular flexibility index (Phi) is 9.50. The maximum absolute atomic E-state index is 5.76. The van der Waals surface area contributed by atoms with Crippen molar-refractivity contribution in [3.8, 4) is 0 Å². The first-order chi connectivity index (χ1) is 10.7. The predicted octanol–water partition coefficient (Wildman–Crippen LogP) is 1.86. The summed E-state index contributed by atoms with van der Waals surface area (Å²) in [7, 11) is 3.93. The number of halogens is 1. The Hall–Kier alpha value is -0.860. The molecule has 0 bridgehead atoms. The van der Waals surface area contributed by atoms with Gasteiger partial charge in [-0.15, -0.1) is 24.0 Å². The molecule has 0 amide bonds. The Labute approximate surface area is 156 Å². The first kappa shape index (κ1) is 20.2. The Morgan fingerprint density at radius 3 is 2.70 bits per heavy atom. The summed E-state index contributed by atoms with van der Waals surface area (Å²) in [6.07, 6.45) is 1.27. The van der Waals surface area contributed by atoms with Crippen molar-refractivity contribution in [3.05, 3.63) is 35.4 Å². The van der Waals surface area contributed by atoms with Crippen molar-refractivity contribution in [2.75, 3.05) is 40.3 Å². The van der Waals surface area contributed by atoms with Crippen LogP contribution in [0.3, 0.4) is 0 Å². The van der Waals surface area contributed by atoms with Crippen LogP contribution in [0.1, 0.15) is 18.1 Å². The normalized spacial score (nSPS) is 19.1. The van der Waals surface area contributed by atoms with Crippen LogP contribution in [-0.2, 0) is 17.7 Å². The van der Waals surface area contributed by atoms with Gasteiger partial charge in [0.1, 0.15) is 0 Å². The van der Waals surface area contributed by atoms with Gasteiger partial charge in [-0.25, -0.2) is 0 Å². The lowest BCUT2D eigenvalue weighted by molar-refractivity contribution is -0.0161. The van der Waals surface area contributed by atoms with E-state index < -0.39 is 0 Å². The molecule has 5 nitrogen and oxygen atoms in total. The maximum Gasteiger partial charge on any atom is 0.191 e. The molecule has 0 aliphatic carbocycles. The van der Waals surface area contributed by atoms with E-state index in [1.807, 2.05) is 0 Å². The fourth-order valence-corrected chi connectivity index (χ4v) is 2.68. The third kappa shape index (κ3) is 6.64. The molecule has 2 rings (SSSR count). The molecule has 2 N–H and O–H groups in total. The average Bonchev–Trinajstić information content (AvgIpc) is 2.55. The molecule has 23 heavy (non-hydrogen) atoms. The predicted molar refractivity (Wildman–Crippen MR) is 107 cm³/mol. The number of benzene rings is 1. The van der Waals surface area contributed by atoms with Crippen LogP contribution in [0.15, 0.2) is 29.3 Å². The SMILES string of the molecule is CCc1ccccc1CNC(=NC)NCC1CN(C)CCO1.I. The van der Waals surface area contributed by atoms with Gasteiger partial charge in [0, 0.05) is 33.2 Å². The third-order valence-electron chi connectivity index (χ3n) is 4.01. The van der Waals surface area contributed by atoms with Crippen molar-refractivity contribution in [1.29, 1.82) is 0 Å². The van der Waals surface area contributed by atoms with Crippen LogP contribution in [0.25, 0.3) is 0 Å². The number of rotatable bonds is 5. The molecular weight excluding hydrogens is 403 g/mol. The third-order valence-corrected chi connectivity index (χ3v) is 4.01. The van der Waals surface area contributed by atoms with Crippen LogP contribution < -0.4 is 10.6 Å². The summed E-state index contributed by atoms with van der Waals surface area (Å²) in [6, 6.07) is 8.52. The first-order valence-corrected chi connectivity index (χ1v) is 8.04. The summed E-state index contributed by atoms with van der Waals surface area (Å²) in [5, 5.41) is 6.74. The molecule has 0 spiro atoms. The van der Waals surface area contributed by atoms with Crippen molar-refractivity contribution in [1.82, 2.24) is 15.5 Å². The first-order valence-electron chi connectivity index (χ1n) is 8.04. The van der Waals surface area contributed by atoms with E-state index in [0.29, 0.717) is 0 Å². The lowest BCUT2D eigenvalue weighted by atomic mass is 10.1. The molecule has 0 aromatic heterocycles. The highest BCUT2D eigenvalue weighted by Crippen LogP contribution is 2.08. The number of nitrogens with one attached hydrogen (secondary N) is 2. The van der Waals surface area contributed by atoms with Gasteiger partial charge in [0.25, 0.3) is 0 Å². The smallest absolute Gasteiger partial charge is 0.191 e. The molecular formula is C17H29IN4O. The van der Waals surface area contributed by atoms with E-state index >= 15 is 0 Å². The van der Waals surface area contributed by atoms with Gasteiger partial charge in [0.15, 0.2) is 5.96 Å². The molecule has 1 aliphatic heterocycles. The lowest BCUT2D eigenvalue weighted by Gasteiger charge is -2.30. The van der Waals surface area contributed by atoms with E-state index in [2.05, 4.69) is 58.8 Å². The highest BCUT2D eigenvalue weighted by atomic mass is 127. The van der Waals surface area contributed by atoms with Crippen LogP contribution in [0.5, 0.6) is 0 Å². The minimum Gasteiger partial charge on any atom is -0.374 e. The van der Waals surface area contributed by atoms with Crippen molar-refractivity contribution < 1.29 is 4.74 Å². The summed E-state index contributed by atoms with van der Waals surface area (Å²) in [5.74, 6) is 0.822. The van der Waals surface area contributed by atoms with E-state index in [4.69, 9.17) is 4.74 Å². The summed E-state index contributed by atoms with van der Waals surface area (Å²) >= 11 is 0. The molecule has 1 aromatic rings. The van der Waals surface area contributed by atoms with E-state index in [-0.39, 0.29) is 30.1 Å². The van der Waals surface area contributed by atoms with Gasteiger partial charge in [0.2, 0.25) is 0 Å². The lowest BCUT2D eigenvalue weighted by Crippen LogP contribution is -2.48. The molecule has 0 radical (unpaired) electrons. The molecule has 1 fully saturated rings. The molecule has 1 atom stereocenters. The summed E-state index contributed by atoms with van der Waals surface area (Å²) in [4.78, 5) is 6.58. The molecule has 1 unspecified atom stereocenters.